The molecule has 9 heteroatoms. The number of aromatic nitrogens is 1. The van der Waals surface area contributed by atoms with Crippen LogP contribution in [0.15, 0.2) is 42.6 Å². The van der Waals surface area contributed by atoms with E-state index in [9.17, 15) is 18.0 Å². The number of nitrogens with zero attached hydrogens (tertiary/aromatic N) is 2. The van der Waals surface area contributed by atoms with Crippen molar-refractivity contribution in [3.05, 3.63) is 48.2 Å². The molecule has 1 aliphatic rings. The Labute approximate surface area is 157 Å². The molecule has 1 aromatic carbocycles. The zero-order valence-corrected chi connectivity index (χ0v) is 15.9. The molecule has 0 saturated carbocycles. The SMILES string of the molecule is COc1ccc(NC(=O)c2cccc(N3C(=O)C(C)(C)CS3(=O)=O)c2)cn1. The van der Waals surface area contributed by atoms with Gasteiger partial charge in [-0.25, -0.2) is 17.7 Å². The fraction of sp³-hybridized carbons (Fsp3) is 0.278. The van der Waals surface area contributed by atoms with Crippen LogP contribution in [0, 0.1) is 5.41 Å². The van der Waals surface area contributed by atoms with Gasteiger partial charge in [0.2, 0.25) is 21.8 Å². The molecule has 3 rings (SSSR count). The lowest BCUT2D eigenvalue weighted by Crippen LogP contribution is -2.33. The molecule has 0 spiro atoms. The van der Waals surface area contributed by atoms with Crippen LogP contribution < -0.4 is 14.4 Å². The Balaban J connectivity index is 1.87. The Hall–Kier alpha value is -2.94. The summed E-state index contributed by atoms with van der Waals surface area (Å²) in [4.78, 5) is 29.0. The molecule has 2 amide bonds. The molecule has 1 aromatic heterocycles. The summed E-state index contributed by atoms with van der Waals surface area (Å²) in [5, 5.41) is 2.67. The Morgan fingerprint density at radius 2 is 2.00 bits per heavy atom. The molecule has 2 aromatic rings. The minimum absolute atomic E-state index is 0.145. The number of hydrogen-bond acceptors (Lipinski definition) is 6. The highest BCUT2D eigenvalue weighted by atomic mass is 32.2. The van der Waals surface area contributed by atoms with Crippen molar-refractivity contribution in [2.75, 3.05) is 22.5 Å². The molecular weight excluding hydrogens is 370 g/mol. The van der Waals surface area contributed by atoms with E-state index in [-0.39, 0.29) is 17.0 Å². The number of benzene rings is 1. The summed E-state index contributed by atoms with van der Waals surface area (Å²) in [7, 11) is -2.29. The molecule has 0 bridgehead atoms. The van der Waals surface area contributed by atoms with Crippen molar-refractivity contribution in [1.29, 1.82) is 0 Å². The highest BCUT2D eigenvalue weighted by molar-refractivity contribution is 7.94. The van der Waals surface area contributed by atoms with Crippen LogP contribution in [0.2, 0.25) is 0 Å². The van der Waals surface area contributed by atoms with E-state index in [2.05, 4.69) is 10.3 Å². The molecule has 8 nitrogen and oxygen atoms in total. The second kappa shape index (κ2) is 6.66. The van der Waals surface area contributed by atoms with Gasteiger partial charge < -0.3 is 10.1 Å². The van der Waals surface area contributed by atoms with E-state index in [1.54, 1.807) is 26.0 Å². The van der Waals surface area contributed by atoms with Crippen molar-refractivity contribution in [3.8, 4) is 5.88 Å². The third-order valence-corrected chi connectivity index (χ3v) is 6.15. The van der Waals surface area contributed by atoms with E-state index < -0.39 is 27.3 Å². The Morgan fingerprint density at radius 1 is 1.26 bits per heavy atom. The van der Waals surface area contributed by atoms with Gasteiger partial charge in [-0.2, -0.15) is 0 Å². The number of pyridine rings is 1. The minimum atomic E-state index is -3.78. The molecule has 0 atom stereocenters. The Bertz CT molecular complexity index is 1000. The standard InChI is InChI=1S/C18H19N3O5S/c1-18(2)11-27(24,25)21(17(18)23)14-6-4-5-12(9-14)16(22)20-13-7-8-15(26-3)19-10-13/h4-10H,11H2,1-3H3,(H,20,22). The van der Waals surface area contributed by atoms with Crippen molar-refractivity contribution in [2.24, 2.45) is 5.41 Å². The van der Waals surface area contributed by atoms with Crippen molar-refractivity contribution in [3.63, 3.8) is 0 Å². The molecule has 2 heterocycles. The fourth-order valence-corrected chi connectivity index (χ4v) is 4.91. The lowest BCUT2D eigenvalue weighted by atomic mass is 9.95. The quantitative estimate of drug-likeness (QED) is 0.858. The van der Waals surface area contributed by atoms with Crippen LogP contribution in [0.4, 0.5) is 11.4 Å². The van der Waals surface area contributed by atoms with Crippen molar-refractivity contribution >= 4 is 33.2 Å². The van der Waals surface area contributed by atoms with E-state index in [1.165, 1.54) is 37.6 Å². The largest absolute Gasteiger partial charge is 0.481 e. The number of anilines is 2. The van der Waals surface area contributed by atoms with Gasteiger partial charge in [0.15, 0.2) is 0 Å². The third kappa shape index (κ3) is 3.63. The van der Waals surface area contributed by atoms with Crippen molar-refractivity contribution < 1.29 is 22.7 Å². The van der Waals surface area contributed by atoms with Crippen LogP contribution in [-0.4, -0.2) is 38.1 Å². The normalized spacial score (nSPS) is 17.6. The van der Waals surface area contributed by atoms with Crippen LogP contribution in [0.25, 0.3) is 0 Å². The lowest BCUT2D eigenvalue weighted by molar-refractivity contribution is -0.123. The first kappa shape index (κ1) is 18.8. The number of nitrogens with one attached hydrogen (secondary N) is 1. The van der Waals surface area contributed by atoms with Gasteiger partial charge in [0.1, 0.15) is 0 Å². The van der Waals surface area contributed by atoms with Gasteiger partial charge in [0.05, 0.1) is 35.8 Å². The van der Waals surface area contributed by atoms with E-state index in [4.69, 9.17) is 4.74 Å². The maximum atomic E-state index is 12.5. The molecule has 0 radical (unpaired) electrons. The summed E-state index contributed by atoms with van der Waals surface area (Å²) in [6.07, 6.45) is 1.44. The van der Waals surface area contributed by atoms with Gasteiger partial charge in [0.25, 0.3) is 5.91 Å². The summed E-state index contributed by atoms with van der Waals surface area (Å²) < 4.78 is 30.5. The zero-order valence-electron chi connectivity index (χ0n) is 15.1. The maximum Gasteiger partial charge on any atom is 0.255 e. The van der Waals surface area contributed by atoms with E-state index in [1.807, 2.05) is 0 Å². The highest BCUT2D eigenvalue weighted by Crippen LogP contribution is 2.35. The molecule has 1 aliphatic heterocycles. The van der Waals surface area contributed by atoms with Gasteiger partial charge in [-0.1, -0.05) is 6.07 Å². The van der Waals surface area contributed by atoms with Crippen LogP contribution in [-0.2, 0) is 14.8 Å². The fourth-order valence-electron chi connectivity index (χ4n) is 2.81. The third-order valence-electron chi connectivity index (χ3n) is 4.13. The summed E-state index contributed by atoms with van der Waals surface area (Å²) in [6.45, 7) is 3.17. The van der Waals surface area contributed by atoms with Crippen LogP contribution >= 0.6 is 0 Å². The Morgan fingerprint density at radius 3 is 2.56 bits per heavy atom. The first-order chi connectivity index (χ1) is 12.6. The van der Waals surface area contributed by atoms with E-state index in [0.717, 1.165) is 4.31 Å². The minimum Gasteiger partial charge on any atom is -0.481 e. The number of carbonyl (C=O) groups is 2. The maximum absolute atomic E-state index is 12.5. The first-order valence-corrected chi connectivity index (χ1v) is 9.74. The van der Waals surface area contributed by atoms with Gasteiger partial charge in [-0.05, 0) is 38.1 Å². The van der Waals surface area contributed by atoms with Gasteiger partial charge >= 0.3 is 0 Å². The average molecular weight is 389 g/mol. The molecular formula is C18H19N3O5S. The second-order valence-corrected chi connectivity index (χ2v) is 8.62. The topological polar surface area (TPSA) is 106 Å². The zero-order chi connectivity index (χ0) is 19.8. The number of rotatable bonds is 4. The van der Waals surface area contributed by atoms with Crippen LogP contribution in [0.3, 0.4) is 0 Å². The smallest absolute Gasteiger partial charge is 0.255 e. The van der Waals surface area contributed by atoms with Gasteiger partial charge in [-0.3, -0.25) is 9.59 Å². The lowest BCUT2D eigenvalue weighted by Gasteiger charge is -2.18. The van der Waals surface area contributed by atoms with Crippen molar-refractivity contribution in [2.45, 2.75) is 13.8 Å². The Kier molecular flexibility index (Phi) is 4.64. The summed E-state index contributed by atoms with van der Waals surface area (Å²) in [5.74, 6) is -0.825. The molecule has 0 unspecified atom stereocenters. The van der Waals surface area contributed by atoms with E-state index in [0.29, 0.717) is 11.6 Å². The number of methoxy groups -OCH3 is 1. The second-order valence-electron chi connectivity index (χ2n) is 6.80. The number of hydrogen-bond donors (Lipinski definition) is 1. The van der Waals surface area contributed by atoms with Gasteiger partial charge in [0, 0.05) is 11.6 Å². The number of sulfonamides is 1. The predicted octanol–water partition coefficient (Wildman–Crippen LogP) is 2.05. The molecule has 142 valence electrons. The van der Waals surface area contributed by atoms with Crippen LogP contribution in [0.1, 0.15) is 24.2 Å². The number of carbonyl (C=O) groups excluding carboxylic acids is 2. The summed E-state index contributed by atoms with van der Waals surface area (Å²) in [5.41, 5.74) is -0.189. The number of ether oxygens (including phenoxy) is 1. The molecule has 1 saturated heterocycles. The van der Waals surface area contributed by atoms with Gasteiger partial charge in [-0.15, -0.1) is 0 Å². The monoisotopic (exact) mass is 389 g/mol. The highest BCUT2D eigenvalue weighted by Gasteiger charge is 2.49. The number of amides is 2. The summed E-state index contributed by atoms with van der Waals surface area (Å²) >= 11 is 0. The molecule has 27 heavy (non-hydrogen) atoms. The first-order valence-electron chi connectivity index (χ1n) is 8.13. The average Bonchev–Trinajstić information content (AvgIpc) is 2.78. The summed E-state index contributed by atoms with van der Waals surface area (Å²) in [6, 6.07) is 9.17. The molecule has 0 aliphatic carbocycles. The molecule has 1 fully saturated rings. The molecule has 1 N–H and O–H groups in total. The van der Waals surface area contributed by atoms with Crippen LogP contribution in [0.5, 0.6) is 5.88 Å². The predicted molar refractivity (Wildman–Crippen MR) is 100 cm³/mol. The van der Waals surface area contributed by atoms with E-state index >= 15 is 0 Å². The van der Waals surface area contributed by atoms with Crippen molar-refractivity contribution in [1.82, 2.24) is 4.98 Å².